The molecule has 9 heteroatoms. The molecule has 0 bridgehead atoms. The van der Waals surface area contributed by atoms with Gasteiger partial charge < -0.3 is 25.2 Å². The van der Waals surface area contributed by atoms with E-state index in [9.17, 15) is 34.1 Å². The highest BCUT2D eigenvalue weighted by Gasteiger charge is 2.44. The zero-order valence-corrected chi connectivity index (χ0v) is 17.0. The number of nitriles is 1. The molecule has 1 aliphatic rings. The largest absolute Gasteiger partial charge is 0.394 e. The van der Waals surface area contributed by atoms with Gasteiger partial charge in [-0.2, -0.15) is 5.26 Å². The third-order valence-corrected chi connectivity index (χ3v) is 6.35. The molecule has 0 amide bonds. The number of ether oxygens (including phenoxy) is 1. The van der Waals surface area contributed by atoms with E-state index in [0.717, 1.165) is 11.8 Å². The van der Waals surface area contributed by atoms with E-state index in [1.165, 1.54) is 12.1 Å². The van der Waals surface area contributed by atoms with Crippen molar-refractivity contribution in [3.05, 3.63) is 64.7 Å². The molecule has 5 atom stereocenters. The van der Waals surface area contributed by atoms with Crippen LogP contribution in [0, 0.1) is 11.3 Å². The van der Waals surface area contributed by atoms with E-state index in [2.05, 4.69) is 6.07 Å². The van der Waals surface area contributed by atoms with Crippen LogP contribution in [0.1, 0.15) is 28.4 Å². The summed E-state index contributed by atoms with van der Waals surface area (Å²) in [7, 11) is -3.31. The van der Waals surface area contributed by atoms with Crippen molar-refractivity contribution < 1.29 is 33.6 Å². The predicted octanol–water partition coefficient (Wildman–Crippen LogP) is 0.0675. The van der Waals surface area contributed by atoms with E-state index in [1.54, 1.807) is 30.3 Å². The molecule has 3 rings (SSSR count). The summed E-state index contributed by atoms with van der Waals surface area (Å²) in [4.78, 5) is 0.196. The van der Waals surface area contributed by atoms with Gasteiger partial charge in [-0.1, -0.05) is 24.3 Å². The van der Waals surface area contributed by atoms with Crippen LogP contribution in [0.3, 0.4) is 0 Å². The maximum absolute atomic E-state index is 11.6. The topological polar surface area (TPSA) is 148 Å². The Morgan fingerprint density at radius 3 is 2.27 bits per heavy atom. The molecule has 0 spiro atoms. The summed E-state index contributed by atoms with van der Waals surface area (Å²) < 4.78 is 28.8. The third-order valence-electron chi connectivity index (χ3n) is 5.22. The fourth-order valence-corrected chi connectivity index (χ4v) is 4.13. The molecule has 30 heavy (non-hydrogen) atoms. The van der Waals surface area contributed by atoms with Gasteiger partial charge in [0.1, 0.15) is 30.5 Å². The van der Waals surface area contributed by atoms with E-state index < -0.39 is 47.0 Å². The number of sulfone groups is 1. The normalized spacial score (nSPS) is 26.9. The van der Waals surface area contributed by atoms with E-state index in [-0.39, 0.29) is 4.90 Å². The molecule has 1 aliphatic heterocycles. The zero-order chi connectivity index (χ0) is 22.1. The maximum atomic E-state index is 11.6. The van der Waals surface area contributed by atoms with Gasteiger partial charge in [-0.05, 0) is 41.3 Å². The summed E-state index contributed by atoms with van der Waals surface area (Å²) in [5.74, 6) is 0. The summed E-state index contributed by atoms with van der Waals surface area (Å²) in [6, 6.07) is 13.2. The fraction of sp³-hybridized carbons (Fsp3) is 0.381. The molecule has 1 fully saturated rings. The van der Waals surface area contributed by atoms with Crippen LogP contribution in [0.4, 0.5) is 0 Å². The summed E-state index contributed by atoms with van der Waals surface area (Å²) in [6.45, 7) is -0.530. The zero-order valence-electron chi connectivity index (χ0n) is 16.2. The number of hydrogen-bond donors (Lipinski definition) is 4. The number of hydrogen-bond acceptors (Lipinski definition) is 8. The highest BCUT2D eigenvalue weighted by atomic mass is 32.2. The predicted molar refractivity (Wildman–Crippen MR) is 106 cm³/mol. The van der Waals surface area contributed by atoms with Crippen LogP contribution < -0.4 is 0 Å². The van der Waals surface area contributed by atoms with E-state index in [4.69, 9.17) is 4.74 Å². The fourth-order valence-electron chi connectivity index (χ4n) is 3.50. The van der Waals surface area contributed by atoms with Crippen LogP contribution in [0.25, 0.3) is 0 Å². The molecule has 4 N–H and O–H groups in total. The Morgan fingerprint density at radius 1 is 1.03 bits per heavy atom. The Labute approximate surface area is 174 Å². The first-order valence-corrected chi connectivity index (χ1v) is 11.2. The molecule has 0 aromatic heterocycles. The molecule has 1 unspecified atom stereocenters. The molecule has 0 aliphatic carbocycles. The Hall–Kier alpha value is -2.32. The average molecular weight is 433 g/mol. The summed E-state index contributed by atoms with van der Waals surface area (Å²) in [6.07, 6.45) is -4.94. The lowest BCUT2D eigenvalue weighted by molar-refractivity contribution is -0.231. The highest BCUT2D eigenvalue weighted by Crippen LogP contribution is 2.33. The lowest BCUT2D eigenvalue weighted by Crippen LogP contribution is -2.55. The van der Waals surface area contributed by atoms with Crippen molar-refractivity contribution in [1.82, 2.24) is 0 Å². The van der Waals surface area contributed by atoms with E-state index in [1.807, 2.05) is 0 Å². The molecule has 2 aromatic carbocycles. The Balaban J connectivity index is 1.91. The van der Waals surface area contributed by atoms with Crippen molar-refractivity contribution in [2.45, 2.75) is 41.8 Å². The van der Waals surface area contributed by atoms with Crippen LogP contribution in [-0.2, 0) is 21.0 Å². The number of aliphatic hydroxyl groups excluding tert-OH is 4. The second-order valence-corrected chi connectivity index (χ2v) is 9.39. The quantitative estimate of drug-likeness (QED) is 0.518. The Kier molecular flexibility index (Phi) is 6.57. The molecule has 2 aromatic rings. The monoisotopic (exact) mass is 433 g/mol. The second kappa shape index (κ2) is 8.81. The van der Waals surface area contributed by atoms with Crippen molar-refractivity contribution in [2.75, 3.05) is 12.9 Å². The minimum atomic E-state index is -3.31. The van der Waals surface area contributed by atoms with Gasteiger partial charge in [-0.15, -0.1) is 0 Å². The number of nitrogens with zero attached hydrogens (tertiary/aromatic N) is 1. The van der Waals surface area contributed by atoms with E-state index in [0.29, 0.717) is 23.1 Å². The van der Waals surface area contributed by atoms with Gasteiger partial charge in [-0.3, -0.25) is 0 Å². The first-order chi connectivity index (χ1) is 14.2. The van der Waals surface area contributed by atoms with Crippen molar-refractivity contribution in [1.29, 1.82) is 5.26 Å². The lowest BCUT2D eigenvalue weighted by atomic mass is 9.89. The molecule has 8 nitrogen and oxygen atoms in total. The van der Waals surface area contributed by atoms with Crippen LogP contribution in [0.5, 0.6) is 0 Å². The number of rotatable bonds is 5. The third kappa shape index (κ3) is 4.54. The summed E-state index contributed by atoms with van der Waals surface area (Å²) in [5, 5.41) is 49.2. The van der Waals surface area contributed by atoms with Crippen LogP contribution in [0.15, 0.2) is 47.4 Å². The Morgan fingerprint density at radius 2 is 1.70 bits per heavy atom. The maximum Gasteiger partial charge on any atom is 0.175 e. The summed E-state index contributed by atoms with van der Waals surface area (Å²) in [5.41, 5.74) is 2.29. The highest BCUT2D eigenvalue weighted by molar-refractivity contribution is 7.90. The number of benzene rings is 2. The molecular weight excluding hydrogens is 410 g/mol. The minimum Gasteiger partial charge on any atom is -0.394 e. The van der Waals surface area contributed by atoms with Crippen LogP contribution >= 0.6 is 0 Å². The SMILES string of the molecule is CS(=O)(=O)c1ccc(Cc2cc([C@@H]3OC(CO)[C@@H](O)[C@H](O)[C@H]3O)ccc2C#N)cc1. The molecule has 1 saturated heterocycles. The first kappa shape index (κ1) is 22.4. The van der Waals surface area contributed by atoms with Crippen molar-refractivity contribution in [2.24, 2.45) is 0 Å². The van der Waals surface area contributed by atoms with Gasteiger partial charge in [-0.25, -0.2) is 8.42 Å². The first-order valence-electron chi connectivity index (χ1n) is 9.28. The standard InChI is InChI=1S/C21H23NO7S/c1-30(27,28)16-6-2-12(3-7-16)8-15-9-13(4-5-14(15)10-22)21-20(26)19(25)18(24)17(11-23)29-21/h2-7,9,17-21,23-26H,8,11H2,1H3/t17?,18-,19+,20-,21+/m1/s1. The molecule has 1 heterocycles. The average Bonchev–Trinajstić information content (AvgIpc) is 2.72. The van der Waals surface area contributed by atoms with Crippen LogP contribution in [0.2, 0.25) is 0 Å². The lowest BCUT2D eigenvalue weighted by Gasteiger charge is -2.40. The summed E-state index contributed by atoms with van der Waals surface area (Å²) >= 11 is 0. The minimum absolute atomic E-state index is 0.196. The second-order valence-electron chi connectivity index (χ2n) is 7.37. The van der Waals surface area contributed by atoms with E-state index >= 15 is 0 Å². The van der Waals surface area contributed by atoms with Gasteiger partial charge in [0.25, 0.3) is 0 Å². The smallest absolute Gasteiger partial charge is 0.175 e. The molecule has 0 radical (unpaired) electrons. The van der Waals surface area contributed by atoms with Crippen molar-refractivity contribution in [3.8, 4) is 6.07 Å². The molecule has 0 saturated carbocycles. The Bertz CT molecular complexity index is 1040. The van der Waals surface area contributed by atoms with Crippen molar-refractivity contribution >= 4 is 9.84 Å². The van der Waals surface area contributed by atoms with Gasteiger partial charge in [0, 0.05) is 6.26 Å². The van der Waals surface area contributed by atoms with Crippen molar-refractivity contribution in [3.63, 3.8) is 0 Å². The van der Waals surface area contributed by atoms with Gasteiger partial charge in [0.05, 0.1) is 23.1 Å². The van der Waals surface area contributed by atoms with Gasteiger partial charge in [0.15, 0.2) is 9.84 Å². The van der Waals surface area contributed by atoms with Gasteiger partial charge in [0.2, 0.25) is 0 Å². The molecule has 160 valence electrons. The van der Waals surface area contributed by atoms with Crippen LogP contribution in [-0.4, -0.2) is 66.1 Å². The number of aliphatic hydroxyl groups is 4. The van der Waals surface area contributed by atoms with Gasteiger partial charge >= 0.3 is 0 Å². The molecular formula is C21H23NO7S.